The quantitative estimate of drug-likeness (QED) is 0.631. The summed E-state index contributed by atoms with van der Waals surface area (Å²) in [6, 6.07) is 16.5. The fourth-order valence-electron chi connectivity index (χ4n) is 3.30. The molecule has 0 saturated carbocycles. The lowest BCUT2D eigenvalue weighted by Crippen LogP contribution is -2.43. The van der Waals surface area contributed by atoms with E-state index in [0.717, 1.165) is 5.03 Å². The van der Waals surface area contributed by atoms with Gasteiger partial charge in [-0.05, 0) is 49.2 Å². The molecule has 1 aromatic carbocycles. The number of rotatable bonds is 6. The Hall–Kier alpha value is -2.75. The van der Waals surface area contributed by atoms with E-state index in [0.29, 0.717) is 30.1 Å². The Labute approximate surface area is 179 Å². The molecule has 3 aromatic rings. The molecule has 30 heavy (non-hydrogen) atoms. The zero-order chi connectivity index (χ0) is 21.0. The molecule has 1 unspecified atom stereocenters. The van der Waals surface area contributed by atoms with Gasteiger partial charge >= 0.3 is 0 Å². The maximum atomic E-state index is 13.0. The summed E-state index contributed by atoms with van der Waals surface area (Å²) >= 11 is 1.38. The Bertz CT molecular complexity index is 1130. The van der Waals surface area contributed by atoms with Crippen LogP contribution in [0.4, 0.5) is 5.69 Å². The van der Waals surface area contributed by atoms with Gasteiger partial charge in [0.25, 0.3) is 0 Å². The van der Waals surface area contributed by atoms with Crippen molar-refractivity contribution in [3.63, 3.8) is 0 Å². The number of pyridine rings is 2. The lowest BCUT2D eigenvalue weighted by molar-refractivity contribution is -0.119. The fraction of sp³-hybridized carbons (Fsp3) is 0.190. The number of amides is 1. The van der Waals surface area contributed by atoms with Gasteiger partial charge in [0.15, 0.2) is 0 Å². The minimum absolute atomic E-state index is 0.197. The summed E-state index contributed by atoms with van der Waals surface area (Å²) in [5.41, 5.74) is 0.567. The Morgan fingerprint density at radius 2 is 1.77 bits per heavy atom. The van der Waals surface area contributed by atoms with Gasteiger partial charge in [-0.1, -0.05) is 36.0 Å². The van der Waals surface area contributed by atoms with Crippen LogP contribution >= 0.6 is 11.8 Å². The highest BCUT2D eigenvalue weighted by Gasteiger charge is 2.39. The van der Waals surface area contributed by atoms with Gasteiger partial charge in [-0.3, -0.25) is 4.79 Å². The first-order valence-corrected chi connectivity index (χ1v) is 11.7. The van der Waals surface area contributed by atoms with Crippen molar-refractivity contribution in [1.29, 1.82) is 0 Å². The maximum Gasteiger partial charge on any atom is 0.243 e. The van der Waals surface area contributed by atoms with Gasteiger partial charge in [-0.15, -0.1) is 0 Å². The van der Waals surface area contributed by atoms with Gasteiger partial charge in [0.1, 0.15) is 16.1 Å². The SMILES string of the molecule is O=C(Nc1ccnc(Sc2ccccn2)c1)C1CCCN1S(=O)(=O)c1ccccc1. The van der Waals surface area contributed by atoms with E-state index in [9.17, 15) is 13.2 Å². The summed E-state index contributed by atoms with van der Waals surface area (Å²) in [5, 5.41) is 4.33. The molecule has 1 N–H and O–H groups in total. The highest BCUT2D eigenvalue weighted by molar-refractivity contribution is 7.99. The normalized spacial score (nSPS) is 17.0. The summed E-state index contributed by atoms with van der Waals surface area (Å²) < 4.78 is 27.3. The molecule has 7 nitrogen and oxygen atoms in total. The van der Waals surface area contributed by atoms with Gasteiger partial charge in [-0.2, -0.15) is 4.31 Å². The van der Waals surface area contributed by atoms with Crippen LogP contribution in [0.1, 0.15) is 12.8 Å². The van der Waals surface area contributed by atoms with Crippen LogP contribution < -0.4 is 5.32 Å². The van der Waals surface area contributed by atoms with Crippen LogP contribution in [0.15, 0.2) is 88.0 Å². The molecule has 4 rings (SSSR count). The molecule has 0 spiro atoms. The van der Waals surface area contributed by atoms with Crippen LogP contribution in [-0.2, 0) is 14.8 Å². The number of nitrogens with one attached hydrogen (secondary N) is 1. The average Bonchev–Trinajstić information content (AvgIpc) is 3.27. The van der Waals surface area contributed by atoms with E-state index in [1.807, 2.05) is 18.2 Å². The molecule has 1 amide bonds. The molecule has 1 saturated heterocycles. The first-order chi connectivity index (χ1) is 14.5. The van der Waals surface area contributed by atoms with Crippen LogP contribution in [0.2, 0.25) is 0 Å². The molecule has 9 heteroatoms. The van der Waals surface area contributed by atoms with E-state index in [1.165, 1.54) is 16.1 Å². The molecular formula is C21H20N4O3S2. The number of aromatic nitrogens is 2. The molecule has 1 atom stereocenters. The smallest absolute Gasteiger partial charge is 0.243 e. The second-order valence-corrected chi connectivity index (χ2v) is 9.66. The Morgan fingerprint density at radius 3 is 2.53 bits per heavy atom. The number of carbonyl (C=O) groups is 1. The summed E-state index contributed by atoms with van der Waals surface area (Å²) in [4.78, 5) is 21.7. The third-order valence-corrected chi connectivity index (χ3v) is 7.51. The largest absolute Gasteiger partial charge is 0.325 e. The number of sulfonamides is 1. The summed E-state index contributed by atoms with van der Waals surface area (Å²) in [6.45, 7) is 0.326. The first kappa shape index (κ1) is 20.5. The first-order valence-electron chi connectivity index (χ1n) is 9.47. The number of hydrogen-bond donors (Lipinski definition) is 1. The zero-order valence-corrected chi connectivity index (χ0v) is 17.6. The van der Waals surface area contributed by atoms with Crippen LogP contribution in [0.25, 0.3) is 0 Å². The lowest BCUT2D eigenvalue weighted by Gasteiger charge is -2.23. The summed E-state index contributed by atoms with van der Waals surface area (Å²) in [7, 11) is -3.73. The fourth-order valence-corrected chi connectivity index (χ4v) is 5.75. The number of nitrogens with zero attached hydrogens (tertiary/aromatic N) is 3. The van der Waals surface area contributed by atoms with Gasteiger partial charge in [0.2, 0.25) is 15.9 Å². The topological polar surface area (TPSA) is 92.3 Å². The average molecular weight is 441 g/mol. The van der Waals surface area contributed by atoms with Crippen molar-refractivity contribution in [1.82, 2.24) is 14.3 Å². The second-order valence-electron chi connectivity index (χ2n) is 6.73. The highest BCUT2D eigenvalue weighted by atomic mass is 32.2. The molecule has 0 aliphatic carbocycles. The molecule has 1 aliphatic rings. The second kappa shape index (κ2) is 8.95. The summed E-state index contributed by atoms with van der Waals surface area (Å²) in [5.74, 6) is -0.341. The molecular weight excluding hydrogens is 420 g/mol. The standard InChI is InChI=1S/C21H20N4O3S2/c26-21(18-9-6-14-25(18)30(27,28)17-7-2-1-3-8-17)24-16-11-13-23-20(15-16)29-19-10-4-5-12-22-19/h1-5,7-8,10-13,15,18H,6,9,14H2,(H,23,24,26). The van der Waals surface area contributed by atoms with Crippen LogP contribution in [0, 0.1) is 0 Å². The molecule has 0 radical (unpaired) electrons. The zero-order valence-electron chi connectivity index (χ0n) is 16.0. The third-order valence-electron chi connectivity index (χ3n) is 4.71. The van der Waals surface area contributed by atoms with Crippen molar-refractivity contribution in [2.45, 2.75) is 33.8 Å². The van der Waals surface area contributed by atoms with Crippen molar-refractivity contribution in [2.75, 3.05) is 11.9 Å². The predicted molar refractivity (Wildman–Crippen MR) is 115 cm³/mol. The van der Waals surface area contributed by atoms with E-state index < -0.39 is 16.1 Å². The Kier molecular flexibility index (Phi) is 6.12. The Morgan fingerprint density at radius 1 is 1.00 bits per heavy atom. The minimum atomic E-state index is -3.73. The van der Waals surface area contributed by atoms with Gasteiger partial charge < -0.3 is 5.32 Å². The van der Waals surface area contributed by atoms with Crippen LogP contribution in [-0.4, -0.2) is 41.2 Å². The van der Waals surface area contributed by atoms with Crippen LogP contribution in [0.3, 0.4) is 0 Å². The van der Waals surface area contributed by atoms with E-state index in [2.05, 4.69) is 15.3 Å². The monoisotopic (exact) mass is 440 g/mol. The number of anilines is 1. The van der Waals surface area contributed by atoms with Crippen molar-refractivity contribution in [3.05, 3.63) is 73.1 Å². The molecule has 0 bridgehead atoms. The van der Waals surface area contributed by atoms with Gasteiger partial charge in [-0.25, -0.2) is 18.4 Å². The van der Waals surface area contributed by atoms with Crippen molar-refractivity contribution >= 4 is 33.4 Å². The Balaban J connectivity index is 1.49. The molecule has 3 heterocycles. The third kappa shape index (κ3) is 4.53. The van der Waals surface area contributed by atoms with Crippen LogP contribution in [0.5, 0.6) is 0 Å². The molecule has 2 aromatic heterocycles. The van der Waals surface area contributed by atoms with E-state index in [1.54, 1.807) is 54.9 Å². The predicted octanol–water partition coefficient (Wildman–Crippen LogP) is 3.42. The lowest BCUT2D eigenvalue weighted by atomic mass is 10.2. The van der Waals surface area contributed by atoms with Gasteiger partial charge in [0.05, 0.1) is 4.90 Å². The van der Waals surface area contributed by atoms with Gasteiger partial charge in [0, 0.05) is 24.6 Å². The molecule has 154 valence electrons. The highest BCUT2D eigenvalue weighted by Crippen LogP contribution is 2.28. The van der Waals surface area contributed by atoms with Crippen molar-refractivity contribution in [3.8, 4) is 0 Å². The van der Waals surface area contributed by atoms with Crippen molar-refractivity contribution in [2.24, 2.45) is 0 Å². The molecule has 1 fully saturated rings. The van der Waals surface area contributed by atoms with E-state index in [-0.39, 0.29) is 10.8 Å². The number of benzene rings is 1. The summed E-state index contributed by atoms with van der Waals surface area (Å²) in [6.07, 6.45) is 4.43. The maximum absolute atomic E-state index is 13.0. The number of carbonyl (C=O) groups excluding carboxylic acids is 1. The van der Waals surface area contributed by atoms with E-state index >= 15 is 0 Å². The van der Waals surface area contributed by atoms with E-state index in [4.69, 9.17) is 0 Å². The molecule has 1 aliphatic heterocycles. The number of hydrogen-bond acceptors (Lipinski definition) is 6. The van der Waals surface area contributed by atoms with Crippen molar-refractivity contribution < 1.29 is 13.2 Å². The minimum Gasteiger partial charge on any atom is -0.325 e.